The Bertz CT molecular complexity index is 1720. The molecule has 0 spiro atoms. The van der Waals surface area contributed by atoms with Gasteiger partial charge in [-0.2, -0.15) is 4.98 Å². The van der Waals surface area contributed by atoms with Crippen molar-refractivity contribution in [3.05, 3.63) is 105 Å². The molecule has 1 aliphatic rings. The molecule has 6 rings (SSSR count). The molecule has 3 aromatic carbocycles. The molecule has 1 fully saturated rings. The SMILES string of the molecule is Cn1c(=O)[nH]c(=O)c2c1nc(N1CCN(Cc3cccc4ccccc34)CC1)n2Cc1ccccc1F. The van der Waals surface area contributed by atoms with E-state index in [-0.39, 0.29) is 17.9 Å². The molecule has 0 radical (unpaired) electrons. The first-order chi connectivity index (χ1) is 18.0. The van der Waals surface area contributed by atoms with E-state index in [1.807, 2.05) is 0 Å². The van der Waals surface area contributed by atoms with Crippen LogP contribution in [0.15, 0.2) is 76.3 Å². The number of nitrogens with zero attached hydrogens (tertiary/aromatic N) is 5. The molecule has 5 aromatic rings. The lowest BCUT2D eigenvalue weighted by Gasteiger charge is -2.35. The summed E-state index contributed by atoms with van der Waals surface area (Å²) in [6.07, 6.45) is 0. The zero-order valence-electron chi connectivity index (χ0n) is 20.5. The number of anilines is 1. The zero-order valence-corrected chi connectivity index (χ0v) is 20.5. The lowest BCUT2D eigenvalue weighted by molar-refractivity contribution is 0.249. The number of aromatic amines is 1. The van der Waals surface area contributed by atoms with Gasteiger partial charge in [0, 0.05) is 45.3 Å². The van der Waals surface area contributed by atoms with Crippen LogP contribution >= 0.6 is 0 Å². The highest BCUT2D eigenvalue weighted by atomic mass is 19.1. The van der Waals surface area contributed by atoms with Crippen LogP contribution in [0.5, 0.6) is 0 Å². The third-order valence-electron chi connectivity index (χ3n) is 7.20. The lowest BCUT2D eigenvalue weighted by atomic mass is 10.0. The van der Waals surface area contributed by atoms with Crippen molar-refractivity contribution in [1.82, 2.24) is 24.0 Å². The van der Waals surface area contributed by atoms with Crippen molar-refractivity contribution in [3.8, 4) is 0 Å². The van der Waals surface area contributed by atoms with E-state index in [9.17, 15) is 14.0 Å². The molecule has 8 nitrogen and oxygen atoms in total. The van der Waals surface area contributed by atoms with Gasteiger partial charge in [-0.25, -0.2) is 9.18 Å². The number of fused-ring (bicyclic) bond motifs is 2. The van der Waals surface area contributed by atoms with Crippen LogP contribution in [0.25, 0.3) is 21.9 Å². The van der Waals surface area contributed by atoms with E-state index < -0.39 is 11.2 Å². The van der Waals surface area contributed by atoms with Crippen LogP contribution in [-0.4, -0.2) is 50.2 Å². The molecule has 1 saturated heterocycles. The summed E-state index contributed by atoms with van der Waals surface area (Å²) >= 11 is 0. The van der Waals surface area contributed by atoms with Crippen LogP contribution < -0.4 is 16.1 Å². The third kappa shape index (κ3) is 4.21. The second kappa shape index (κ2) is 9.33. The molecule has 9 heteroatoms. The van der Waals surface area contributed by atoms with Gasteiger partial charge in [0.1, 0.15) is 5.82 Å². The third-order valence-corrected chi connectivity index (χ3v) is 7.20. The number of hydrogen-bond acceptors (Lipinski definition) is 5. The summed E-state index contributed by atoms with van der Waals surface area (Å²) in [5.41, 5.74) is 1.24. The van der Waals surface area contributed by atoms with Crippen LogP contribution in [0.3, 0.4) is 0 Å². The summed E-state index contributed by atoms with van der Waals surface area (Å²) in [5.74, 6) is 0.214. The van der Waals surface area contributed by atoms with Crippen molar-refractivity contribution in [2.24, 2.45) is 7.05 Å². The number of nitrogens with one attached hydrogen (secondary N) is 1. The maximum absolute atomic E-state index is 14.6. The Kier molecular flexibility index (Phi) is 5.84. The number of benzene rings is 3. The molecule has 1 N–H and O–H groups in total. The Morgan fingerprint density at radius 1 is 0.865 bits per heavy atom. The van der Waals surface area contributed by atoms with Gasteiger partial charge in [-0.05, 0) is 22.4 Å². The second-order valence-corrected chi connectivity index (χ2v) is 9.48. The Balaban J connectivity index is 1.31. The van der Waals surface area contributed by atoms with Gasteiger partial charge in [0.25, 0.3) is 5.56 Å². The fraction of sp³-hybridized carbons (Fsp3) is 0.250. The molecule has 0 amide bonds. The summed E-state index contributed by atoms with van der Waals surface area (Å²) < 4.78 is 17.6. The van der Waals surface area contributed by atoms with Crippen molar-refractivity contribution in [1.29, 1.82) is 0 Å². The standard InChI is InChI=1S/C28H27FN6O2/c1-32-25-24(26(36)31-28(32)37)35(18-21-8-3-5-12-23(21)29)27(30-25)34-15-13-33(14-16-34)17-20-10-6-9-19-7-2-4-11-22(19)20/h2-12H,13-18H2,1H3,(H,31,36,37). The molecule has 3 heterocycles. The minimum atomic E-state index is -0.528. The van der Waals surface area contributed by atoms with E-state index >= 15 is 0 Å². The highest BCUT2D eigenvalue weighted by Gasteiger charge is 2.25. The Labute approximate surface area is 212 Å². The highest BCUT2D eigenvalue weighted by molar-refractivity contribution is 5.85. The molecule has 37 heavy (non-hydrogen) atoms. The second-order valence-electron chi connectivity index (χ2n) is 9.48. The molecule has 0 aliphatic carbocycles. The predicted molar refractivity (Wildman–Crippen MR) is 143 cm³/mol. The number of hydrogen-bond donors (Lipinski definition) is 1. The van der Waals surface area contributed by atoms with Gasteiger partial charge >= 0.3 is 5.69 Å². The van der Waals surface area contributed by atoms with Crippen LogP contribution in [0, 0.1) is 5.82 Å². The predicted octanol–water partition coefficient (Wildman–Crippen LogP) is 3.09. The number of aryl methyl sites for hydroxylation is 1. The molecule has 188 valence electrons. The summed E-state index contributed by atoms with van der Waals surface area (Å²) in [4.78, 5) is 36.7. The number of rotatable bonds is 5. The number of imidazole rings is 1. The summed E-state index contributed by atoms with van der Waals surface area (Å²) in [7, 11) is 1.58. The van der Waals surface area contributed by atoms with E-state index in [1.165, 1.54) is 27.0 Å². The molecule has 0 unspecified atom stereocenters. The minimum Gasteiger partial charge on any atom is -0.340 e. The van der Waals surface area contributed by atoms with Crippen LogP contribution in [0.2, 0.25) is 0 Å². The Morgan fingerprint density at radius 3 is 2.38 bits per heavy atom. The van der Waals surface area contributed by atoms with Crippen molar-refractivity contribution in [2.45, 2.75) is 13.1 Å². The largest absolute Gasteiger partial charge is 0.340 e. The van der Waals surface area contributed by atoms with Crippen molar-refractivity contribution >= 4 is 27.9 Å². The van der Waals surface area contributed by atoms with E-state index in [0.717, 1.165) is 19.6 Å². The summed E-state index contributed by atoms with van der Waals surface area (Å²) in [6, 6.07) is 21.3. The number of piperazine rings is 1. The van der Waals surface area contributed by atoms with E-state index in [2.05, 4.69) is 57.2 Å². The molecule has 0 saturated carbocycles. The Morgan fingerprint density at radius 2 is 1.57 bits per heavy atom. The molecule has 2 aromatic heterocycles. The lowest BCUT2D eigenvalue weighted by Crippen LogP contribution is -2.47. The molecule has 0 atom stereocenters. The van der Waals surface area contributed by atoms with Crippen LogP contribution in [-0.2, 0) is 20.1 Å². The van der Waals surface area contributed by atoms with Crippen LogP contribution in [0.1, 0.15) is 11.1 Å². The quantitative estimate of drug-likeness (QED) is 0.403. The average molecular weight is 499 g/mol. The fourth-order valence-electron chi connectivity index (χ4n) is 5.19. The van der Waals surface area contributed by atoms with Crippen molar-refractivity contribution in [3.63, 3.8) is 0 Å². The monoisotopic (exact) mass is 498 g/mol. The summed E-state index contributed by atoms with van der Waals surface area (Å²) in [6.45, 7) is 3.97. The number of H-pyrrole nitrogens is 1. The normalized spacial score (nSPS) is 14.6. The highest BCUT2D eigenvalue weighted by Crippen LogP contribution is 2.25. The first-order valence-electron chi connectivity index (χ1n) is 12.4. The first-order valence-corrected chi connectivity index (χ1v) is 12.4. The van der Waals surface area contributed by atoms with Gasteiger partial charge in [-0.15, -0.1) is 0 Å². The fourth-order valence-corrected chi connectivity index (χ4v) is 5.19. The average Bonchev–Trinajstić information content (AvgIpc) is 3.29. The van der Waals surface area contributed by atoms with E-state index in [1.54, 1.807) is 29.8 Å². The van der Waals surface area contributed by atoms with E-state index in [4.69, 9.17) is 4.98 Å². The zero-order chi connectivity index (χ0) is 25.5. The summed E-state index contributed by atoms with van der Waals surface area (Å²) in [5, 5.41) is 2.50. The number of aromatic nitrogens is 4. The van der Waals surface area contributed by atoms with Crippen molar-refractivity contribution in [2.75, 3.05) is 31.1 Å². The Hall–Kier alpha value is -4.24. The molecular formula is C28H27FN6O2. The van der Waals surface area contributed by atoms with E-state index in [0.29, 0.717) is 30.2 Å². The van der Waals surface area contributed by atoms with Gasteiger partial charge in [0.15, 0.2) is 11.2 Å². The maximum Gasteiger partial charge on any atom is 0.329 e. The van der Waals surface area contributed by atoms with Gasteiger partial charge < -0.3 is 4.90 Å². The first kappa shape index (κ1) is 23.2. The van der Waals surface area contributed by atoms with Gasteiger partial charge in [0.2, 0.25) is 5.95 Å². The van der Waals surface area contributed by atoms with Gasteiger partial charge in [-0.1, -0.05) is 60.7 Å². The number of halogens is 1. The van der Waals surface area contributed by atoms with Crippen molar-refractivity contribution < 1.29 is 4.39 Å². The molecular weight excluding hydrogens is 471 g/mol. The topological polar surface area (TPSA) is 79.2 Å². The smallest absolute Gasteiger partial charge is 0.329 e. The maximum atomic E-state index is 14.6. The minimum absolute atomic E-state index is 0.135. The van der Waals surface area contributed by atoms with Gasteiger partial charge in [0.05, 0.1) is 6.54 Å². The van der Waals surface area contributed by atoms with Gasteiger partial charge in [-0.3, -0.25) is 23.8 Å². The molecule has 1 aliphatic heterocycles. The molecule has 0 bridgehead atoms. The van der Waals surface area contributed by atoms with Crippen LogP contribution in [0.4, 0.5) is 10.3 Å².